The zero-order chi connectivity index (χ0) is 12.7. The van der Waals surface area contributed by atoms with Gasteiger partial charge in [-0.15, -0.1) is 0 Å². The van der Waals surface area contributed by atoms with Gasteiger partial charge in [-0.1, -0.05) is 11.6 Å². The molecule has 0 amide bonds. The highest BCUT2D eigenvalue weighted by molar-refractivity contribution is 6.33. The summed E-state index contributed by atoms with van der Waals surface area (Å²) >= 11 is 5.99. The van der Waals surface area contributed by atoms with Gasteiger partial charge in [-0.3, -0.25) is 0 Å². The number of anilines is 1. The summed E-state index contributed by atoms with van der Waals surface area (Å²) in [6.07, 6.45) is 4.70. The minimum atomic E-state index is 0.158. The predicted octanol–water partition coefficient (Wildman–Crippen LogP) is 1.40. The Morgan fingerprint density at radius 3 is 3.00 bits per heavy atom. The van der Waals surface area contributed by atoms with Crippen molar-refractivity contribution in [3.05, 3.63) is 11.5 Å². The van der Waals surface area contributed by atoms with Crippen LogP contribution >= 0.6 is 11.6 Å². The Kier molecular flexibility index (Phi) is 2.83. The van der Waals surface area contributed by atoms with E-state index in [2.05, 4.69) is 15.0 Å². The van der Waals surface area contributed by atoms with E-state index in [1.54, 1.807) is 6.33 Å². The molecule has 0 aromatic carbocycles. The Hall–Kier alpha value is -1.40. The molecule has 18 heavy (non-hydrogen) atoms. The van der Waals surface area contributed by atoms with E-state index in [-0.39, 0.29) is 17.7 Å². The van der Waals surface area contributed by atoms with E-state index in [4.69, 9.17) is 17.3 Å². The van der Waals surface area contributed by atoms with E-state index in [0.717, 1.165) is 19.3 Å². The summed E-state index contributed by atoms with van der Waals surface area (Å²) < 4.78 is 1.99. The van der Waals surface area contributed by atoms with Crippen LogP contribution in [-0.2, 0) is 0 Å². The number of hydrogen-bond acceptors (Lipinski definition) is 5. The molecule has 2 atom stereocenters. The van der Waals surface area contributed by atoms with Crippen molar-refractivity contribution in [1.29, 1.82) is 0 Å². The highest BCUT2D eigenvalue weighted by Gasteiger charge is 2.27. The number of nitrogens with two attached hydrogens (primary N) is 1. The van der Waals surface area contributed by atoms with Crippen molar-refractivity contribution in [3.63, 3.8) is 0 Å². The van der Waals surface area contributed by atoms with Gasteiger partial charge in [0.1, 0.15) is 5.52 Å². The smallest absolute Gasteiger partial charge is 0.223 e. The molecule has 1 saturated carbocycles. The van der Waals surface area contributed by atoms with E-state index < -0.39 is 0 Å². The van der Waals surface area contributed by atoms with Gasteiger partial charge in [-0.2, -0.15) is 9.97 Å². The number of aromatic nitrogens is 4. The number of halogens is 1. The zero-order valence-electron chi connectivity index (χ0n) is 9.75. The zero-order valence-corrected chi connectivity index (χ0v) is 10.5. The third-order valence-corrected chi connectivity index (χ3v) is 3.82. The molecule has 2 aromatic heterocycles. The van der Waals surface area contributed by atoms with E-state index in [9.17, 15) is 5.11 Å². The van der Waals surface area contributed by atoms with Crippen LogP contribution in [0.2, 0.25) is 5.15 Å². The van der Waals surface area contributed by atoms with Crippen molar-refractivity contribution < 1.29 is 5.11 Å². The Morgan fingerprint density at radius 1 is 1.44 bits per heavy atom. The van der Waals surface area contributed by atoms with Gasteiger partial charge in [0.2, 0.25) is 5.95 Å². The molecule has 3 N–H and O–H groups in total. The number of nitrogens with zero attached hydrogens (tertiary/aromatic N) is 4. The standard InChI is InChI=1S/C11H14ClN5O/c12-9-8-10(16-11(13)15-9)17(5-14-8)7-2-1-6(3-7)4-18/h5-7,18H,1-4H2,(H2,13,15,16)/t6-,7+/m0/s1. The molecular formula is C11H14ClN5O. The molecule has 1 fully saturated rings. The summed E-state index contributed by atoms with van der Waals surface area (Å²) in [6, 6.07) is 0.303. The minimum absolute atomic E-state index is 0.158. The fourth-order valence-electron chi connectivity index (χ4n) is 2.63. The Balaban J connectivity index is 2.03. The summed E-state index contributed by atoms with van der Waals surface area (Å²) in [6.45, 7) is 0.237. The fourth-order valence-corrected chi connectivity index (χ4v) is 2.85. The third-order valence-electron chi connectivity index (χ3n) is 3.56. The number of imidazole rings is 1. The number of fused-ring (bicyclic) bond motifs is 1. The molecule has 2 heterocycles. The first-order valence-electron chi connectivity index (χ1n) is 5.95. The number of hydrogen-bond donors (Lipinski definition) is 2. The molecule has 0 spiro atoms. The van der Waals surface area contributed by atoms with Crippen LogP contribution in [0.5, 0.6) is 0 Å². The van der Waals surface area contributed by atoms with Crippen LogP contribution in [-0.4, -0.2) is 31.2 Å². The van der Waals surface area contributed by atoms with Crippen molar-refractivity contribution in [1.82, 2.24) is 19.5 Å². The van der Waals surface area contributed by atoms with Gasteiger partial charge in [-0.25, -0.2) is 4.98 Å². The minimum Gasteiger partial charge on any atom is -0.396 e. The lowest BCUT2D eigenvalue weighted by Crippen LogP contribution is -2.07. The molecule has 7 heteroatoms. The second-order valence-corrected chi connectivity index (χ2v) is 5.07. The molecule has 1 aliphatic rings. The van der Waals surface area contributed by atoms with E-state index in [1.807, 2.05) is 4.57 Å². The van der Waals surface area contributed by atoms with Crippen LogP contribution in [0, 0.1) is 5.92 Å². The van der Waals surface area contributed by atoms with E-state index >= 15 is 0 Å². The predicted molar refractivity (Wildman–Crippen MR) is 68.2 cm³/mol. The van der Waals surface area contributed by atoms with E-state index in [1.165, 1.54) is 0 Å². The van der Waals surface area contributed by atoms with Crippen molar-refractivity contribution in [2.45, 2.75) is 25.3 Å². The third kappa shape index (κ3) is 1.81. The summed E-state index contributed by atoms with van der Waals surface area (Å²) in [5, 5.41) is 9.48. The quantitative estimate of drug-likeness (QED) is 0.803. The van der Waals surface area contributed by atoms with Gasteiger partial charge < -0.3 is 15.4 Å². The average Bonchev–Trinajstić information content (AvgIpc) is 2.93. The maximum atomic E-state index is 9.19. The maximum absolute atomic E-state index is 9.19. The highest BCUT2D eigenvalue weighted by Crippen LogP contribution is 2.36. The molecule has 1 aliphatic carbocycles. The van der Waals surface area contributed by atoms with Crippen LogP contribution in [0.3, 0.4) is 0 Å². The molecule has 0 aliphatic heterocycles. The normalized spacial score (nSPS) is 23.9. The second-order valence-electron chi connectivity index (χ2n) is 4.71. The van der Waals surface area contributed by atoms with Crippen molar-refractivity contribution >= 4 is 28.7 Å². The Morgan fingerprint density at radius 2 is 2.28 bits per heavy atom. The number of aliphatic hydroxyl groups excluding tert-OH is 1. The Labute approximate surface area is 109 Å². The van der Waals surface area contributed by atoms with Crippen LogP contribution in [0.25, 0.3) is 11.2 Å². The molecule has 0 unspecified atom stereocenters. The average molecular weight is 268 g/mol. The first kappa shape index (κ1) is 11.7. The van der Waals surface area contributed by atoms with Gasteiger partial charge in [-0.05, 0) is 25.2 Å². The van der Waals surface area contributed by atoms with Crippen LogP contribution in [0.15, 0.2) is 6.33 Å². The summed E-state index contributed by atoms with van der Waals surface area (Å²) in [4.78, 5) is 12.3. The topological polar surface area (TPSA) is 89.8 Å². The van der Waals surface area contributed by atoms with Gasteiger partial charge in [0.05, 0.1) is 6.33 Å². The monoisotopic (exact) mass is 267 g/mol. The number of aliphatic hydroxyl groups is 1. The van der Waals surface area contributed by atoms with Gasteiger partial charge >= 0.3 is 0 Å². The molecular weight excluding hydrogens is 254 g/mol. The van der Waals surface area contributed by atoms with Crippen LogP contribution in [0.1, 0.15) is 25.3 Å². The molecule has 0 saturated heterocycles. The van der Waals surface area contributed by atoms with E-state index in [0.29, 0.717) is 23.1 Å². The molecule has 3 rings (SSSR count). The summed E-state index contributed by atoms with van der Waals surface area (Å²) in [5.74, 6) is 0.521. The number of nitrogen functional groups attached to an aromatic ring is 1. The van der Waals surface area contributed by atoms with Gasteiger partial charge in [0, 0.05) is 12.6 Å². The fraction of sp³-hybridized carbons (Fsp3) is 0.545. The summed E-state index contributed by atoms with van der Waals surface area (Å²) in [5.41, 5.74) is 6.88. The largest absolute Gasteiger partial charge is 0.396 e. The lowest BCUT2D eigenvalue weighted by atomic mass is 10.1. The molecule has 6 nitrogen and oxygen atoms in total. The summed E-state index contributed by atoms with van der Waals surface area (Å²) in [7, 11) is 0. The molecule has 0 bridgehead atoms. The SMILES string of the molecule is Nc1nc(Cl)c2ncn([C@@H]3CC[C@H](CO)C3)c2n1. The second kappa shape index (κ2) is 4.37. The lowest BCUT2D eigenvalue weighted by molar-refractivity contribution is 0.226. The lowest BCUT2D eigenvalue weighted by Gasteiger charge is -2.12. The van der Waals surface area contributed by atoms with Crippen LogP contribution < -0.4 is 5.73 Å². The van der Waals surface area contributed by atoms with Crippen molar-refractivity contribution in [3.8, 4) is 0 Å². The maximum Gasteiger partial charge on any atom is 0.223 e. The molecule has 0 radical (unpaired) electrons. The first-order chi connectivity index (χ1) is 8.69. The van der Waals surface area contributed by atoms with Crippen molar-refractivity contribution in [2.75, 3.05) is 12.3 Å². The first-order valence-corrected chi connectivity index (χ1v) is 6.33. The Bertz CT molecular complexity index is 584. The number of rotatable bonds is 2. The van der Waals surface area contributed by atoms with Gasteiger partial charge in [0.25, 0.3) is 0 Å². The van der Waals surface area contributed by atoms with Crippen molar-refractivity contribution in [2.24, 2.45) is 5.92 Å². The molecule has 2 aromatic rings. The molecule has 96 valence electrons. The highest BCUT2D eigenvalue weighted by atomic mass is 35.5. The van der Waals surface area contributed by atoms with Gasteiger partial charge in [0.15, 0.2) is 10.8 Å². The van der Waals surface area contributed by atoms with Crippen LogP contribution in [0.4, 0.5) is 5.95 Å².